The Morgan fingerprint density at radius 1 is 1.71 bits per heavy atom. The van der Waals surface area contributed by atoms with Crippen LogP contribution in [0.1, 0.15) is 0 Å². The van der Waals surface area contributed by atoms with Crippen LogP contribution in [0.3, 0.4) is 0 Å². The van der Waals surface area contributed by atoms with E-state index in [-0.39, 0.29) is 0 Å². The smallest absolute Gasteiger partial charge is 0.264 e. The maximum absolute atomic E-state index is 9.97. The predicted octanol–water partition coefficient (Wildman–Crippen LogP) is 1.04. The van der Waals surface area contributed by atoms with E-state index >= 15 is 0 Å². The third kappa shape index (κ3) is 3.37. The molecule has 7 heavy (non-hydrogen) atoms. The molecule has 0 aromatic heterocycles. The van der Waals surface area contributed by atoms with E-state index in [0.29, 0.717) is 0 Å². The molecule has 0 atom stereocenters. The van der Waals surface area contributed by atoms with Crippen molar-refractivity contribution in [2.45, 2.75) is 2.34 Å². The van der Waals surface area contributed by atoms with Gasteiger partial charge < -0.3 is 5.73 Å². The Morgan fingerprint density at radius 2 is 1.86 bits per heavy atom. The van der Waals surface area contributed by atoms with Gasteiger partial charge in [0.2, 0.25) is 2.34 Å². The van der Waals surface area contributed by atoms with Crippen LogP contribution in [0.2, 0.25) is 0 Å². The number of nitrogens with two attached hydrogens (primary N) is 1. The standard InChI is InChI=1S/C2H2Cl2INO/c3-2(4,5)1(6)7/h(H2,6,7). The van der Waals surface area contributed by atoms with Crippen molar-refractivity contribution >= 4 is 51.7 Å². The zero-order valence-electron chi connectivity index (χ0n) is 3.12. The molecular formula is C2H2Cl2INO. The van der Waals surface area contributed by atoms with Gasteiger partial charge in [0.05, 0.1) is 0 Å². The quantitative estimate of drug-likeness (QED) is 0.551. The summed E-state index contributed by atoms with van der Waals surface area (Å²) in [5.74, 6) is -0.739. The average molecular weight is 254 g/mol. The molecule has 0 bridgehead atoms. The Hall–Kier alpha value is 0.780. The first-order chi connectivity index (χ1) is 2.94. The Morgan fingerprint density at radius 3 is 1.86 bits per heavy atom. The largest absolute Gasteiger partial charge is 0.366 e. The summed E-state index contributed by atoms with van der Waals surface area (Å²) in [5.41, 5.74) is 4.66. The fourth-order valence-electron chi connectivity index (χ4n) is 0. The minimum absolute atomic E-state index is 0.739. The highest BCUT2D eigenvalue weighted by Crippen LogP contribution is 2.27. The summed E-state index contributed by atoms with van der Waals surface area (Å²) in [4.78, 5) is 9.97. The summed E-state index contributed by atoms with van der Waals surface area (Å²) >= 11 is 11.8. The lowest BCUT2D eigenvalue weighted by atomic mass is 10.8. The van der Waals surface area contributed by atoms with E-state index in [9.17, 15) is 4.79 Å². The van der Waals surface area contributed by atoms with E-state index in [1.54, 1.807) is 0 Å². The fraction of sp³-hybridized carbons (Fsp3) is 0.500. The Kier molecular flexibility index (Phi) is 2.63. The lowest BCUT2D eigenvalue weighted by Gasteiger charge is -2.01. The van der Waals surface area contributed by atoms with Gasteiger partial charge in [0.25, 0.3) is 5.91 Å². The van der Waals surface area contributed by atoms with Gasteiger partial charge in [-0.2, -0.15) is 0 Å². The van der Waals surface area contributed by atoms with Gasteiger partial charge in [-0.1, -0.05) is 23.2 Å². The summed E-state index contributed by atoms with van der Waals surface area (Å²) in [6.07, 6.45) is 0. The first-order valence-corrected chi connectivity index (χ1v) is 3.14. The van der Waals surface area contributed by atoms with Gasteiger partial charge in [0.1, 0.15) is 0 Å². The van der Waals surface area contributed by atoms with Crippen LogP contribution < -0.4 is 5.73 Å². The van der Waals surface area contributed by atoms with Crippen LogP contribution in [0.4, 0.5) is 0 Å². The summed E-state index contributed by atoms with van der Waals surface area (Å²) in [7, 11) is 0. The average Bonchev–Trinajstić information content (AvgIpc) is 1.31. The first-order valence-electron chi connectivity index (χ1n) is 1.31. The number of amides is 1. The Labute approximate surface area is 64.5 Å². The summed E-state index contributed by atoms with van der Waals surface area (Å²) in [6.45, 7) is 0. The third-order valence-electron chi connectivity index (χ3n) is 0.279. The molecule has 0 unspecified atom stereocenters. The fourth-order valence-corrected chi connectivity index (χ4v) is 0. The van der Waals surface area contributed by atoms with Crippen LogP contribution in [0.5, 0.6) is 0 Å². The molecule has 1 amide bonds. The molecule has 0 saturated heterocycles. The number of hydrogen-bond donors (Lipinski definition) is 1. The number of hydrogen-bond acceptors (Lipinski definition) is 1. The van der Waals surface area contributed by atoms with Crippen LogP contribution in [-0.4, -0.2) is 8.25 Å². The topological polar surface area (TPSA) is 43.1 Å². The van der Waals surface area contributed by atoms with Crippen LogP contribution >= 0.6 is 45.8 Å². The van der Waals surface area contributed by atoms with Crippen LogP contribution in [0.15, 0.2) is 0 Å². The molecule has 0 saturated carbocycles. The third-order valence-corrected chi connectivity index (χ3v) is 1.18. The zero-order valence-corrected chi connectivity index (χ0v) is 6.79. The van der Waals surface area contributed by atoms with Crippen molar-refractivity contribution in [3.05, 3.63) is 0 Å². The van der Waals surface area contributed by atoms with Crippen LogP contribution in [0.25, 0.3) is 0 Å². The van der Waals surface area contributed by atoms with Crippen LogP contribution in [-0.2, 0) is 4.79 Å². The van der Waals surface area contributed by atoms with Crippen molar-refractivity contribution in [1.29, 1.82) is 0 Å². The molecular weight excluding hydrogens is 252 g/mol. The van der Waals surface area contributed by atoms with Gasteiger partial charge in [0, 0.05) is 0 Å². The van der Waals surface area contributed by atoms with Crippen LogP contribution in [0, 0.1) is 0 Å². The van der Waals surface area contributed by atoms with E-state index < -0.39 is 8.25 Å². The lowest BCUT2D eigenvalue weighted by Crippen LogP contribution is -2.26. The van der Waals surface area contributed by atoms with E-state index in [1.165, 1.54) is 22.6 Å². The van der Waals surface area contributed by atoms with E-state index in [4.69, 9.17) is 23.2 Å². The van der Waals surface area contributed by atoms with E-state index in [0.717, 1.165) is 0 Å². The second kappa shape index (κ2) is 2.37. The monoisotopic (exact) mass is 253 g/mol. The molecule has 0 rings (SSSR count). The molecule has 42 valence electrons. The number of carbonyl (C=O) groups is 1. The highest BCUT2D eigenvalue weighted by molar-refractivity contribution is 14.1. The Bertz CT molecular complexity index is 88.2. The van der Waals surface area contributed by atoms with Gasteiger partial charge >= 0.3 is 0 Å². The second-order valence-electron chi connectivity index (χ2n) is 0.862. The molecule has 0 radical (unpaired) electrons. The predicted molar refractivity (Wildman–Crippen MR) is 37.7 cm³/mol. The molecule has 0 aromatic carbocycles. The maximum Gasteiger partial charge on any atom is 0.264 e. The molecule has 2 nitrogen and oxygen atoms in total. The summed E-state index contributed by atoms with van der Waals surface area (Å²) in [5, 5.41) is 0. The second-order valence-corrected chi connectivity index (χ2v) is 5.08. The molecule has 0 fully saturated rings. The number of alkyl halides is 3. The molecule has 5 heteroatoms. The van der Waals surface area contributed by atoms with Crippen molar-refractivity contribution in [1.82, 2.24) is 0 Å². The van der Waals surface area contributed by atoms with Crippen molar-refractivity contribution in [3.63, 3.8) is 0 Å². The zero-order chi connectivity index (χ0) is 6.08. The van der Waals surface area contributed by atoms with Crippen molar-refractivity contribution in [3.8, 4) is 0 Å². The highest BCUT2D eigenvalue weighted by Gasteiger charge is 2.25. The van der Waals surface area contributed by atoms with Gasteiger partial charge in [0.15, 0.2) is 0 Å². The molecule has 2 N–H and O–H groups in total. The molecule has 0 aliphatic heterocycles. The van der Waals surface area contributed by atoms with Crippen molar-refractivity contribution in [2.75, 3.05) is 0 Å². The van der Waals surface area contributed by atoms with Crippen molar-refractivity contribution in [2.24, 2.45) is 5.73 Å². The Balaban J connectivity index is 3.79. The summed E-state index contributed by atoms with van der Waals surface area (Å²) < 4.78 is -1.45. The minimum atomic E-state index is -1.45. The first kappa shape index (κ1) is 7.78. The van der Waals surface area contributed by atoms with Gasteiger partial charge in [-0.15, -0.1) is 0 Å². The molecule has 0 heterocycles. The normalized spacial score (nSPS) is 11.3. The number of rotatable bonds is 1. The number of primary amides is 1. The molecule has 0 aliphatic rings. The van der Waals surface area contributed by atoms with Gasteiger partial charge in [-0.25, -0.2) is 0 Å². The number of halogens is 3. The van der Waals surface area contributed by atoms with E-state index in [1.807, 2.05) is 0 Å². The van der Waals surface area contributed by atoms with E-state index in [2.05, 4.69) is 5.73 Å². The highest BCUT2D eigenvalue weighted by atomic mass is 127. The molecule has 0 spiro atoms. The van der Waals surface area contributed by atoms with Crippen molar-refractivity contribution < 1.29 is 4.79 Å². The molecule has 0 aliphatic carbocycles. The lowest BCUT2D eigenvalue weighted by molar-refractivity contribution is -0.116. The molecule has 0 aromatic rings. The SMILES string of the molecule is NC(=O)C(Cl)(Cl)I. The maximum atomic E-state index is 9.97. The summed E-state index contributed by atoms with van der Waals surface area (Å²) in [6, 6.07) is 0. The minimum Gasteiger partial charge on any atom is -0.366 e. The number of carbonyl (C=O) groups excluding carboxylic acids is 1. The van der Waals surface area contributed by atoms with Gasteiger partial charge in [-0.3, -0.25) is 4.79 Å². The van der Waals surface area contributed by atoms with Gasteiger partial charge in [-0.05, 0) is 22.6 Å².